The summed E-state index contributed by atoms with van der Waals surface area (Å²) in [7, 11) is 1.62. The van der Waals surface area contributed by atoms with Crippen LogP contribution < -0.4 is 15.6 Å². The largest absolute Gasteiger partial charge is 0.497 e. The smallest absolute Gasteiger partial charge is 0.261 e. The van der Waals surface area contributed by atoms with Gasteiger partial charge in [-0.2, -0.15) is 0 Å². The van der Waals surface area contributed by atoms with Crippen LogP contribution in [0.25, 0.3) is 10.9 Å². The number of ether oxygens (including phenoxy) is 1. The minimum absolute atomic E-state index is 0.0238. The number of nitrogens with zero attached hydrogens (tertiary/aromatic N) is 3. The van der Waals surface area contributed by atoms with E-state index in [0.717, 1.165) is 43.8 Å². The maximum atomic E-state index is 13.1. The predicted molar refractivity (Wildman–Crippen MR) is 105 cm³/mol. The molecule has 0 saturated carbocycles. The molecule has 0 aliphatic carbocycles. The molecule has 1 saturated heterocycles. The summed E-state index contributed by atoms with van der Waals surface area (Å²) >= 11 is 0. The molecule has 3 rings (SSSR count). The molecule has 1 aromatic heterocycles. The van der Waals surface area contributed by atoms with E-state index >= 15 is 0 Å². The molecule has 2 heterocycles. The lowest BCUT2D eigenvalue weighted by molar-refractivity contribution is 0.132. The SMILES string of the molecule is CCC[C@H](c1nc2ccc(OC)cc2c(=O)n1CC)N1CCN[C@H](C)C1. The van der Waals surface area contributed by atoms with E-state index in [4.69, 9.17) is 9.72 Å². The van der Waals surface area contributed by atoms with Crippen molar-refractivity contribution in [1.82, 2.24) is 19.8 Å². The fraction of sp³-hybridized carbons (Fsp3) is 0.600. The molecule has 1 N–H and O–H groups in total. The highest BCUT2D eigenvalue weighted by Crippen LogP contribution is 2.27. The Labute approximate surface area is 155 Å². The van der Waals surface area contributed by atoms with Crippen molar-refractivity contribution in [3.05, 3.63) is 34.4 Å². The zero-order valence-corrected chi connectivity index (χ0v) is 16.3. The molecule has 26 heavy (non-hydrogen) atoms. The lowest BCUT2D eigenvalue weighted by atomic mass is 10.1. The molecule has 0 spiro atoms. The minimum Gasteiger partial charge on any atom is -0.497 e. The van der Waals surface area contributed by atoms with Gasteiger partial charge in [-0.05, 0) is 38.5 Å². The molecule has 2 atom stereocenters. The molecule has 142 valence electrons. The van der Waals surface area contributed by atoms with E-state index in [1.54, 1.807) is 13.2 Å². The van der Waals surface area contributed by atoms with Crippen LogP contribution in [0.2, 0.25) is 0 Å². The number of aromatic nitrogens is 2. The highest BCUT2D eigenvalue weighted by atomic mass is 16.5. The van der Waals surface area contributed by atoms with Crippen LogP contribution in [0.4, 0.5) is 0 Å². The number of benzene rings is 1. The topological polar surface area (TPSA) is 59.4 Å². The first-order valence-electron chi connectivity index (χ1n) is 9.64. The highest BCUT2D eigenvalue weighted by molar-refractivity contribution is 5.79. The molecule has 1 aliphatic rings. The van der Waals surface area contributed by atoms with Gasteiger partial charge in [0.05, 0.1) is 24.1 Å². The summed E-state index contributed by atoms with van der Waals surface area (Å²) < 4.78 is 7.12. The van der Waals surface area contributed by atoms with Gasteiger partial charge < -0.3 is 10.1 Å². The summed E-state index contributed by atoms with van der Waals surface area (Å²) in [4.78, 5) is 20.6. The lowest BCUT2D eigenvalue weighted by Crippen LogP contribution is -2.51. The normalized spacial score (nSPS) is 19.6. The average molecular weight is 358 g/mol. The van der Waals surface area contributed by atoms with Gasteiger partial charge in [-0.1, -0.05) is 13.3 Å². The third-order valence-electron chi connectivity index (χ3n) is 5.21. The molecular formula is C20H30N4O2. The van der Waals surface area contributed by atoms with Crippen molar-refractivity contribution in [2.24, 2.45) is 0 Å². The van der Waals surface area contributed by atoms with Crippen LogP contribution in [0, 0.1) is 0 Å². The fourth-order valence-corrected chi connectivity index (χ4v) is 3.90. The van der Waals surface area contributed by atoms with Gasteiger partial charge in [-0.3, -0.25) is 14.3 Å². The maximum Gasteiger partial charge on any atom is 0.261 e. The first kappa shape index (κ1) is 18.9. The fourth-order valence-electron chi connectivity index (χ4n) is 3.90. The molecule has 0 bridgehead atoms. The average Bonchev–Trinajstić information content (AvgIpc) is 2.65. The van der Waals surface area contributed by atoms with Crippen LogP contribution in [0.15, 0.2) is 23.0 Å². The Morgan fingerprint density at radius 2 is 2.19 bits per heavy atom. The number of fused-ring (bicyclic) bond motifs is 1. The van der Waals surface area contributed by atoms with Crippen molar-refractivity contribution in [2.75, 3.05) is 26.7 Å². The Bertz CT molecular complexity index is 817. The quantitative estimate of drug-likeness (QED) is 0.860. The zero-order chi connectivity index (χ0) is 18.7. The van der Waals surface area contributed by atoms with Crippen molar-refractivity contribution in [1.29, 1.82) is 0 Å². The van der Waals surface area contributed by atoms with Gasteiger partial charge in [-0.15, -0.1) is 0 Å². The van der Waals surface area contributed by atoms with Crippen molar-refractivity contribution >= 4 is 10.9 Å². The van der Waals surface area contributed by atoms with Crippen LogP contribution in [-0.2, 0) is 6.54 Å². The number of piperazine rings is 1. The zero-order valence-electron chi connectivity index (χ0n) is 16.3. The van der Waals surface area contributed by atoms with E-state index in [1.165, 1.54) is 0 Å². The molecule has 2 aromatic rings. The van der Waals surface area contributed by atoms with Gasteiger partial charge in [0.25, 0.3) is 5.56 Å². The van der Waals surface area contributed by atoms with Gasteiger partial charge in [0, 0.05) is 32.2 Å². The summed E-state index contributed by atoms with van der Waals surface area (Å²) in [5, 5.41) is 4.12. The van der Waals surface area contributed by atoms with Crippen LogP contribution >= 0.6 is 0 Å². The first-order valence-corrected chi connectivity index (χ1v) is 9.64. The number of rotatable bonds is 6. The van der Waals surface area contributed by atoms with Gasteiger partial charge in [-0.25, -0.2) is 4.98 Å². The molecule has 0 radical (unpaired) electrons. The Kier molecular flexibility index (Phi) is 5.94. The highest BCUT2D eigenvalue weighted by Gasteiger charge is 2.28. The number of hydrogen-bond donors (Lipinski definition) is 1. The second-order valence-corrected chi connectivity index (χ2v) is 7.06. The lowest BCUT2D eigenvalue weighted by Gasteiger charge is -2.38. The Hall–Kier alpha value is -1.92. The second-order valence-electron chi connectivity index (χ2n) is 7.06. The summed E-state index contributed by atoms with van der Waals surface area (Å²) in [6, 6.07) is 6.18. The Morgan fingerprint density at radius 3 is 2.85 bits per heavy atom. The number of hydrogen-bond acceptors (Lipinski definition) is 5. The van der Waals surface area contributed by atoms with Crippen molar-refractivity contribution < 1.29 is 4.74 Å². The monoisotopic (exact) mass is 358 g/mol. The van der Waals surface area contributed by atoms with E-state index in [1.807, 2.05) is 23.6 Å². The van der Waals surface area contributed by atoms with E-state index in [-0.39, 0.29) is 11.6 Å². The molecule has 0 amide bonds. The summed E-state index contributed by atoms with van der Waals surface area (Å²) in [5.74, 6) is 1.58. The molecule has 0 unspecified atom stereocenters. The minimum atomic E-state index is 0.0238. The molecule has 6 heteroatoms. The third kappa shape index (κ3) is 3.62. The molecule has 1 aromatic carbocycles. The maximum absolute atomic E-state index is 13.1. The summed E-state index contributed by atoms with van der Waals surface area (Å²) in [6.45, 7) is 9.97. The van der Waals surface area contributed by atoms with Gasteiger partial charge in [0.1, 0.15) is 11.6 Å². The van der Waals surface area contributed by atoms with Crippen LogP contribution in [0.1, 0.15) is 45.5 Å². The van der Waals surface area contributed by atoms with Crippen LogP contribution in [-0.4, -0.2) is 47.2 Å². The third-order valence-corrected chi connectivity index (χ3v) is 5.21. The first-order chi connectivity index (χ1) is 12.6. The van der Waals surface area contributed by atoms with Gasteiger partial charge in [0.15, 0.2) is 0 Å². The van der Waals surface area contributed by atoms with Crippen molar-refractivity contribution in [3.63, 3.8) is 0 Å². The molecule has 1 fully saturated rings. The molecular weight excluding hydrogens is 328 g/mol. The van der Waals surface area contributed by atoms with Crippen LogP contribution in [0.3, 0.4) is 0 Å². The Balaban J connectivity index is 2.12. The van der Waals surface area contributed by atoms with Crippen molar-refractivity contribution in [3.8, 4) is 5.75 Å². The summed E-state index contributed by atoms with van der Waals surface area (Å²) in [6.07, 6.45) is 2.06. The standard InChI is InChI=1S/C20H30N4O2/c1-5-7-18(23-11-10-21-14(3)13-23)19-22-17-9-8-15(26-4)12-16(17)20(25)24(19)6-2/h8-9,12,14,18,21H,5-7,10-11,13H2,1-4H3/t14-,18-/m1/s1. The number of nitrogens with one attached hydrogen (secondary N) is 1. The van der Waals surface area contributed by atoms with Gasteiger partial charge >= 0.3 is 0 Å². The van der Waals surface area contributed by atoms with Crippen molar-refractivity contribution in [2.45, 2.75) is 52.2 Å². The van der Waals surface area contributed by atoms with E-state index in [0.29, 0.717) is 23.7 Å². The number of methoxy groups -OCH3 is 1. The molecule has 6 nitrogen and oxygen atoms in total. The second kappa shape index (κ2) is 8.18. The van der Waals surface area contributed by atoms with Crippen LogP contribution in [0.5, 0.6) is 5.75 Å². The predicted octanol–water partition coefficient (Wildman–Crippen LogP) is 2.56. The molecule has 1 aliphatic heterocycles. The van der Waals surface area contributed by atoms with Gasteiger partial charge in [0.2, 0.25) is 0 Å². The Morgan fingerprint density at radius 1 is 1.38 bits per heavy atom. The van der Waals surface area contributed by atoms with E-state index in [2.05, 4.69) is 24.1 Å². The van der Waals surface area contributed by atoms with E-state index in [9.17, 15) is 4.79 Å². The van der Waals surface area contributed by atoms with E-state index < -0.39 is 0 Å². The summed E-state index contributed by atoms with van der Waals surface area (Å²) in [5.41, 5.74) is 0.774.